The summed E-state index contributed by atoms with van der Waals surface area (Å²) in [6.45, 7) is 8.94. The molecule has 2 fully saturated rings. The van der Waals surface area contributed by atoms with Gasteiger partial charge in [-0.05, 0) is 26.0 Å². The highest BCUT2D eigenvalue weighted by Gasteiger charge is 2.26. The zero-order valence-electron chi connectivity index (χ0n) is 18.7. The van der Waals surface area contributed by atoms with Gasteiger partial charge in [0.05, 0.1) is 18.8 Å². The fraction of sp³-hybridized carbons (Fsp3) is 0.500. The van der Waals surface area contributed by atoms with Gasteiger partial charge in [-0.2, -0.15) is 0 Å². The number of para-hydroxylation sites is 1. The van der Waals surface area contributed by atoms with Crippen molar-refractivity contribution in [1.82, 2.24) is 9.80 Å². The van der Waals surface area contributed by atoms with Crippen LogP contribution in [0.1, 0.15) is 19.6 Å². The molecule has 8 heteroatoms. The van der Waals surface area contributed by atoms with Gasteiger partial charge in [0.2, 0.25) is 11.2 Å². The van der Waals surface area contributed by atoms with E-state index < -0.39 is 0 Å². The maximum absolute atomic E-state index is 12.5. The summed E-state index contributed by atoms with van der Waals surface area (Å²) in [5.74, 6) is 0.495. The Bertz CT molecular complexity index is 946. The van der Waals surface area contributed by atoms with Gasteiger partial charge < -0.3 is 23.7 Å². The predicted octanol–water partition coefficient (Wildman–Crippen LogP) is 1.98. The number of nitrogens with zero attached hydrogens (tertiary/aromatic N) is 3. The molecule has 3 heterocycles. The molecule has 2 aliphatic heterocycles. The second-order valence-electron chi connectivity index (χ2n) is 8.52. The van der Waals surface area contributed by atoms with E-state index in [9.17, 15) is 9.59 Å². The topological polar surface area (TPSA) is 75.5 Å². The van der Waals surface area contributed by atoms with Gasteiger partial charge in [0.25, 0.3) is 5.91 Å². The van der Waals surface area contributed by atoms with Crippen LogP contribution in [0.4, 0.5) is 5.69 Å². The van der Waals surface area contributed by atoms with Crippen LogP contribution in [-0.4, -0.2) is 73.8 Å². The van der Waals surface area contributed by atoms with Crippen molar-refractivity contribution in [3.05, 3.63) is 58.6 Å². The van der Waals surface area contributed by atoms with Gasteiger partial charge in [0, 0.05) is 51.0 Å². The van der Waals surface area contributed by atoms with E-state index in [1.807, 2.05) is 19.9 Å². The lowest BCUT2D eigenvalue weighted by molar-refractivity contribution is -0.145. The molecule has 32 heavy (non-hydrogen) atoms. The van der Waals surface area contributed by atoms with Crippen molar-refractivity contribution in [3.8, 4) is 5.75 Å². The SMILES string of the molecule is C[C@H]1CN(C(=O)COc2coc(CN3CCN(c4ccccc4)CC3)cc2=O)C[C@H](C)O1. The lowest BCUT2D eigenvalue weighted by Gasteiger charge is -2.35. The van der Waals surface area contributed by atoms with Gasteiger partial charge in [0.1, 0.15) is 12.0 Å². The molecule has 0 spiro atoms. The van der Waals surface area contributed by atoms with Crippen LogP contribution in [-0.2, 0) is 16.1 Å². The minimum atomic E-state index is -0.273. The van der Waals surface area contributed by atoms with Crippen molar-refractivity contribution >= 4 is 11.6 Å². The maximum atomic E-state index is 12.5. The highest BCUT2D eigenvalue weighted by atomic mass is 16.5. The van der Waals surface area contributed by atoms with Crippen LogP contribution < -0.4 is 15.1 Å². The van der Waals surface area contributed by atoms with Crippen molar-refractivity contribution < 1.29 is 18.7 Å². The average molecular weight is 442 g/mol. The normalized spacial score (nSPS) is 22.1. The molecule has 2 aromatic rings. The molecule has 2 saturated heterocycles. The predicted molar refractivity (Wildman–Crippen MR) is 121 cm³/mol. The average Bonchev–Trinajstić information content (AvgIpc) is 2.79. The van der Waals surface area contributed by atoms with E-state index in [1.165, 1.54) is 18.0 Å². The third-order valence-electron chi connectivity index (χ3n) is 5.85. The molecule has 172 valence electrons. The van der Waals surface area contributed by atoms with Crippen LogP contribution in [0.15, 0.2) is 51.9 Å². The number of carbonyl (C=O) groups excluding carboxylic acids is 1. The van der Waals surface area contributed by atoms with Crippen LogP contribution in [0.25, 0.3) is 0 Å². The molecule has 0 unspecified atom stereocenters. The van der Waals surface area contributed by atoms with Crippen LogP contribution in [0.5, 0.6) is 5.75 Å². The summed E-state index contributed by atoms with van der Waals surface area (Å²) in [5, 5.41) is 0. The van der Waals surface area contributed by atoms with Gasteiger partial charge >= 0.3 is 0 Å². The first-order chi connectivity index (χ1) is 15.5. The van der Waals surface area contributed by atoms with Crippen molar-refractivity contribution in [2.45, 2.75) is 32.6 Å². The van der Waals surface area contributed by atoms with Gasteiger partial charge in [-0.1, -0.05) is 18.2 Å². The number of rotatable bonds is 6. The molecule has 0 bridgehead atoms. The van der Waals surface area contributed by atoms with Crippen molar-refractivity contribution in [2.24, 2.45) is 0 Å². The number of hydrogen-bond acceptors (Lipinski definition) is 7. The molecule has 0 saturated carbocycles. The summed E-state index contributed by atoms with van der Waals surface area (Å²) in [5.41, 5.74) is 0.960. The Morgan fingerprint density at radius 2 is 1.75 bits per heavy atom. The molecule has 0 radical (unpaired) electrons. The summed E-state index contributed by atoms with van der Waals surface area (Å²) >= 11 is 0. The first kappa shape index (κ1) is 22.4. The van der Waals surface area contributed by atoms with Gasteiger partial charge in [-0.15, -0.1) is 0 Å². The highest BCUT2D eigenvalue weighted by molar-refractivity contribution is 5.78. The fourth-order valence-corrected chi connectivity index (χ4v) is 4.26. The molecular weight excluding hydrogens is 410 g/mol. The van der Waals surface area contributed by atoms with Crippen LogP contribution >= 0.6 is 0 Å². The van der Waals surface area contributed by atoms with E-state index in [0.29, 0.717) is 25.4 Å². The minimum absolute atomic E-state index is 0.0124. The van der Waals surface area contributed by atoms with Crippen LogP contribution in [0.2, 0.25) is 0 Å². The standard InChI is InChI=1S/C24H31N3O5/c1-18-13-27(14-19(2)32-18)24(29)17-31-23-16-30-21(12-22(23)28)15-25-8-10-26(11-9-25)20-6-4-3-5-7-20/h3-7,12,16,18-19H,8-11,13-15,17H2,1-2H3/t18-,19-/m0/s1. The zero-order chi connectivity index (χ0) is 22.5. The molecule has 0 aliphatic carbocycles. The number of piperazine rings is 1. The van der Waals surface area contributed by atoms with Gasteiger partial charge in [-0.25, -0.2) is 0 Å². The van der Waals surface area contributed by atoms with Crippen molar-refractivity contribution in [2.75, 3.05) is 50.8 Å². The molecule has 0 N–H and O–H groups in total. The second kappa shape index (κ2) is 10.2. The number of hydrogen-bond donors (Lipinski definition) is 0. The molecule has 4 rings (SSSR count). The van der Waals surface area contributed by atoms with Crippen molar-refractivity contribution in [1.29, 1.82) is 0 Å². The van der Waals surface area contributed by atoms with E-state index in [-0.39, 0.29) is 35.9 Å². The number of amides is 1. The van der Waals surface area contributed by atoms with Crippen molar-refractivity contribution in [3.63, 3.8) is 0 Å². The highest BCUT2D eigenvalue weighted by Crippen LogP contribution is 2.17. The van der Waals surface area contributed by atoms with E-state index >= 15 is 0 Å². The fourth-order valence-electron chi connectivity index (χ4n) is 4.26. The molecule has 2 aliphatic rings. The summed E-state index contributed by atoms with van der Waals surface area (Å²) in [7, 11) is 0. The van der Waals surface area contributed by atoms with Crippen LogP contribution in [0.3, 0.4) is 0 Å². The van der Waals surface area contributed by atoms with Gasteiger partial charge in [0.15, 0.2) is 6.61 Å². The number of carbonyl (C=O) groups is 1. The summed E-state index contributed by atoms with van der Waals surface area (Å²) in [6.07, 6.45) is 1.29. The largest absolute Gasteiger partial charge is 0.477 e. The quantitative estimate of drug-likeness (QED) is 0.679. The summed E-state index contributed by atoms with van der Waals surface area (Å²) in [4.78, 5) is 31.2. The number of morpholine rings is 1. The lowest BCUT2D eigenvalue weighted by atomic mass is 10.2. The maximum Gasteiger partial charge on any atom is 0.260 e. The Hall–Kier alpha value is -2.84. The van der Waals surface area contributed by atoms with Crippen LogP contribution in [0, 0.1) is 0 Å². The van der Waals surface area contributed by atoms with E-state index in [0.717, 1.165) is 26.2 Å². The third-order valence-corrected chi connectivity index (χ3v) is 5.85. The molecule has 1 aromatic heterocycles. The summed E-state index contributed by atoms with van der Waals surface area (Å²) < 4.78 is 16.8. The Morgan fingerprint density at radius 3 is 2.41 bits per heavy atom. The Kier molecular flexibility index (Phi) is 7.12. The first-order valence-corrected chi connectivity index (χ1v) is 11.2. The molecule has 2 atom stereocenters. The Labute approximate surface area is 188 Å². The molecule has 1 amide bonds. The Balaban J connectivity index is 1.26. The monoisotopic (exact) mass is 441 g/mol. The van der Waals surface area contributed by atoms with E-state index in [1.54, 1.807) is 4.90 Å². The third kappa shape index (κ3) is 5.69. The lowest BCUT2D eigenvalue weighted by Crippen LogP contribution is -2.49. The number of anilines is 1. The Morgan fingerprint density at radius 1 is 1.06 bits per heavy atom. The summed E-state index contributed by atoms with van der Waals surface area (Å²) in [6, 6.07) is 11.8. The smallest absolute Gasteiger partial charge is 0.260 e. The van der Waals surface area contributed by atoms with Gasteiger partial charge in [-0.3, -0.25) is 14.5 Å². The number of benzene rings is 1. The first-order valence-electron chi connectivity index (χ1n) is 11.2. The number of ether oxygens (including phenoxy) is 2. The zero-order valence-corrected chi connectivity index (χ0v) is 18.7. The minimum Gasteiger partial charge on any atom is -0.477 e. The molecular formula is C24H31N3O5. The molecule has 8 nitrogen and oxygen atoms in total. The van der Waals surface area contributed by atoms with E-state index in [2.05, 4.69) is 34.1 Å². The molecule has 1 aromatic carbocycles. The van der Waals surface area contributed by atoms with E-state index in [4.69, 9.17) is 13.9 Å². The second-order valence-corrected chi connectivity index (χ2v) is 8.52.